The lowest BCUT2D eigenvalue weighted by atomic mass is 10.0. The molecule has 2 unspecified atom stereocenters. The number of hydrogen-bond acceptors (Lipinski definition) is 5. The zero-order valence-electron chi connectivity index (χ0n) is 47.5. The topological polar surface area (TPSA) is 95.9 Å². The Morgan fingerprint density at radius 2 is 0.704 bits per heavy atom. The summed E-state index contributed by atoms with van der Waals surface area (Å²) in [5, 5.41) is 23.1. The minimum Gasteiger partial charge on any atom is -0.466 e. The minimum atomic E-state index is -0.849. The highest BCUT2D eigenvalue weighted by Gasteiger charge is 2.18. The summed E-state index contributed by atoms with van der Waals surface area (Å²) >= 11 is 0. The van der Waals surface area contributed by atoms with E-state index in [1.54, 1.807) is 6.08 Å². The largest absolute Gasteiger partial charge is 0.466 e. The zero-order valence-corrected chi connectivity index (χ0v) is 47.5. The van der Waals surface area contributed by atoms with E-state index in [1.165, 1.54) is 250 Å². The van der Waals surface area contributed by atoms with Gasteiger partial charge in [-0.1, -0.05) is 274 Å². The summed E-state index contributed by atoms with van der Waals surface area (Å²) in [6.45, 7) is 4.89. The van der Waals surface area contributed by atoms with Crippen LogP contribution in [-0.2, 0) is 14.3 Å². The first-order valence-electron chi connectivity index (χ1n) is 31.4. The van der Waals surface area contributed by atoms with Crippen LogP contribution in [0.5, 0.6) is 0 Å². The molecule has 1 amide bonds. The van der Waals surface area contributed by atoms with Crippen LogP contribution in [0.25, 0.3) is 0 Å². The number of hydrogen-bond donors (Lipinski definition) is 3. The average Bonchev–Trinajstić information content (AvgIpc) is 3.37. The van der Waals surface area contributed by atoms with E-state index >= 15 is 0 Å². The molecule has 0 aromatic heterocycles. The third-order valence-corrected chi connectivity index (χ3v) is 14.3. The van der Waals surface area contributed by atoms with Crippen molar-refractivity contribution < 1.29 is 24.5 Å². The van der Waals surface area contributed by atoms with Crippen LogP contribution in [0.3, 0.4) is 0 Å². The first-order chi connectivity index (χ1) is 35.0. The Bertz CT molecular complexity index is 1190. The molecule has 6 nitrogen and oxygen atoms in total. The molecule has 416 valence electrons. The van der Waals surface area contributed by atoms with Gasteiger partial charge in [0, 0.05) is 12.8 Å². The Balaban J connectivity index is 3.47. The molecule has 3 N–H and O–H groups in total. The number of nitrogens with one attached hydrogen (secondary N) is 1. The molecule has 0 saturated carbocycles. The molecule has 0 aromatic carbocycles. The monoisotopic (exact) mass is 996 g/mol. The molecule has 6 heteroatoms. The Labute approximate surface area is 442 Å². The molecular weight excluding hydrogens is 875 g/mol. The molecule has 2 atom stereocenters. The third-order valence-electron chi connectivity index (χ3n) is 14.3. The predicted molar refractivity (Wildman–Crippen MR) is 310 cm³/mol. The fourth-order valence-electron chi connectivity index (χ4n) is 9.48. The van der Waals surface area contributed by atoms with Crippen molar-refractivity contribution in [2.75, 3.05) is 13.2 Å². The van der Waals surface area contributed by atoms with Gasteiger partial charge in [0.1, 0.15) is 0 Å². The second kappa shape index (κ2) is 60.4. The number of esters is 1. The summed E-state index contributed by atoms with van der Waals surface area (Å²) < 4.78 is 5.47. The van der Waals surface area contributed by atoms with Crippen LogP contribution in [-0.4, -0.2) is 47.4 Å². The number of allylic oxidation sites excluding steroid dienone is 7. The van der Waals surface area contributed by atoms with Crippen LogP contribution in [0.2, 0.25) is 0 Å². The molecular formula is C65H121NO5. The van der Waals surface area contributed by atoms with E-state index in [9.17, 15) is 19.8 Å². The molecule has 0 aliphatic carbocycles. The maximum absolute atomic E-state index is 12.5. The van der Waals surface area contributed by atoms with E-state index in [0.29, 0.717) is 19.4 Å². The molecule has 71 heavy (non-hydrogen) atoms. The van der Waals surface area contributed by atoms with Crippen molar-refractivity contribution in [3.8, 4) is 0 Å². The highest BCUT2D eigenvalue weighted by molar-refractivity contribution is 5.76. The van der Waals surface area contributed by atoms with Crippen LogP contribution in [0.15, 0.2) is 48.6 Å². The minimum absolute atomic E-state index is 0.00103. The molecule has 0 heterocycles. The summed E-state index contributed by atoms with van der Waals surface area (Å²) in [5.74, 6) is -0.0743. The predicted octanol–water partition coefficient (Wildman–Crippen LogP) is 19.7. The number of aliphatic hydroxyl groups is 2. The normalized spacial score (nSPS) is 12.9. The molecule has 0 aliphatic heterocycles. The van der Waals surface area contributed by atoms with E-state index in [2.05, 4.69) is 55.6 Å². The van der Waals surface area contributed by atoms with Crippen LogP contribution in [0, 0.1) is 0 Å². The molecule has 0 bridgehead atoms. The summed E-state index contributed by atoms with van der Waals surface area (Å²) in [4.78, 5) is 24.5. The first-order valence-corrected chi connectivity index (χ1v) is 31.4. The van der Waals surface area contributed by atoms with E-state index < -0.39 is 12.1 Å². The second-order valence-corrected chi connectivity index (χ2v) is 21.4. The highest BCUT2D eigenvalue weighted by atomic mass is 16.5. The van der Waals surface area contributed by atoms with Gasteiger partial charge in [-0.3, -0.25) is 9.59 Å². The molecule has 0 aromatic rings. The Hall–Kier alpha value is -2.18. The average molecular weight is 997 g/mol. The van der Waals surface area contributed by atoms with Crippen molar-refractivity contribution in [3.63, 3.8) is 0 Å². The molecule has 0 rings (SSSR count). The number of carbonyl (C=O) groups is 2. The van der Waals surface area contributed by atoms with Gasteiger partial charge in [-0.2, -0.15) is 0 Å². The van der Waals surface area contributed by atoms with Gasteiger partial charge >= 0.3 is 5.97 Å². The summed E-state index contributed by atoms with van der Waals surface area (Å²) in [6, 6.07) is -0.633. The lowest BCUT2D eigenvalue weighted by Gasteiger charge is -2.20. The maximum Gasteiger partial charge on any atom is 0.305 e. The highest BCUT2D eigenvalue weighted by Crippen LogP contribution is 2.16. The van der Waals surface area contributed by atoms with Gasteiger partial charge < -0.3 is 20.3 Å². The molecule has 0 fully saturated rings. The fourth-order valence-corrected chi connectivity index (χ4v) is 9.48. The van der Waals surface area contributed by atoms with E-state index in [1.807, 2.05) is 6.08 Å². The number of aliphatic hydroxyl groups excluding tert-OH is 2. The number of ether oxygens (including phenoxy) is 1. The van der Waals surface area contributed by atoms with E-state index in [0.717, 1.165) is 51.4 Å². The van der Waals surface area contributed by atoms with Crippen molar-refractivity contribution >= 4 is 11.9 Å². The van der Waals surface area contributed by atoms with Gasteiger partial charge in [-0.15, -0.1) is 0 Å². The van der Waals surface area contributed by atoms with Crippen LogP contribution >= 0.6 is 0 Å². The van der Waals surface area contributed by atoms with Crippen molar-refractivity contribution in [2.24, 2.45) is 0 Å². The lowest BCUT2D eigenvalue weighted by Crippen LogP contribution is -2.45. The van der Waals surface area contributed by atoms with Gasteiger partial charge in [-0.25, -0.2) is 0 Å². The zero-order chi connectivity index (χ0) is 51.4. The van der Waals surface area contributed by atoms with Gasteiger partial charge in [-0.05, 0) is 89.9 Å². The first kappa shape index (κ1) is 68.8. The third kappa shape index (κ3) is 57.0. The smallest absolute Gasteiger partial charge is 0.305 e. The van der Waals surface area contributed by atoms with Crippen LogP contribution < -0.4 is 5.32 Å². The van der Waals surface area contributed by atoms with Gasteiger partial charge in [0.15, 0.2) is 0 Å². The lowest BCUT2D eigenvalue weighted by molar-refractivity contribution is -0.143. The summed E-state index contributed by atoms with van der Waals surface area (Å²) in [7, 11) is 0. The fraction of sp³-hybridized carbons (Fsp3) is 0.846. The molecule has 0 spiro atoms. The van der Waals surface area contributed by atoms with Crippen molar-refractivity contribution in [1.29, 1.82) is 0 Å². The maximum atomic E-state index is 12.5. The van der Waals surface area contributed by atoms with E-state index in [4.69, 9.17) is 4.74 Å². The molecule has 0 aliphatic rings. The van der Waals surface area contributed by atoms with Crippen molar-refractivity contribution in [3.05, 3.63) is 48.6 Å². The molecule has 0 radical (unpaired) electrons. The Morgan fingerprint density at radius 3 is 1.10 bits per heavy atom. The van der Waals surface area contributed by atoms with Gasteiger partial charge in [0.2, 0.25) is 5.91 Å². The quantitative estimate of drug-likeness (QED) is 0.0321. The number of rotatable bonds is 58. The number of amides is 1. The van der Waals surface area contributed by atoms with Gasteiger partial charge in [0.25, 0.3) is 0 Å². The SMILES string of the molecule is CCCCCC/C=C\CCCCCCCC(=O)OCCCCCCCCCCC/C=C\C/C=C\CCCCCCCCCCCC(=O)NC(CO)C(O)/C=C/CCCCCCCCCCCCCCCC. The number of unbranched alkanes of at least 4 members (excludes halogenated alkanes) is 41. The Morgan fingerprint density at radius 1 is 0.394 bits per heavy atom. The van der Waals surface area contributed by atoms with Crippen LogP contribution in [0.4, 0.5) is 0 Å². The Kier molecular flexibility index (Phi) is 58.5. The summed E-state index contributed by atoms with van der Waals surface area (Å²) in [6.07, 6.45) is 77.2. The van der Waals surface area contributed by atoms with Crippen LogP contribution in [0.1, 0.15) is 328 Å². The summed E-state index contributed by atoms with van der Waals surface area (Å²) in [5.41, 5.74) is 0. The number of carbonyl (C=O) groups excluding carboxylic acids is 2. The van der Waals surface area contributed by atoms with E-state index in [-0.39, 0.29) is 18.5 Å². The second-order valence-electron chi connectivity index (χ2n) is 21.4. The standard InChI is InChI=1S/C65H121NO5/c1-3-5-7-9-11-13-15-17-18-30-34-37-41-45-49-53-57-63(68)62(61-67)66-64(69)58-54-50-46-42-38-35-31-28-26-24-22-20-19-21-23-25-27-29-32-36-40-44-48-52-56-60-71-65(70)59-55-51-47-43-39-33-16-14-12-10-8-6-4-2/h14,16,20-23,53,57,62-63,67-68H,3-13,15,17-19,24-52,54-56,58-61H2,1-2H3,(H,66,69)/b16-14-,22-20-,23-21-,57-53+. The van der Waals surface area contributed by atoms with Crippen molar-refractivity contribution in [1.82, 2.24) is 5.32 Å². The van der Waals surface area contributed by atoms with Crippen molar-refractivity contribution in [2.45, 2.75) is 341 Å². The molecule has 0 saturated heterocycles. The van der Waals surface area contributed by atoms with Gasteiger partial charge in [0.05, 0.1) is 25.4 Å².